The zero-order valence-electron chi connectivity index (χ0n) is 12.4. The van der Waals surface area contributed by atoms with Crippen LogP contribution in [0.15, 0.2) is 24.3 Å². The summed E-state index contributed by atoms with van der Waals surface area (Å²) in [5, 5.41) is 13.0. The van der Waals surface area contributed by atoms with E-state index in [1.165, 1.54) is 5.56 Å². The Balaban J connectivity index is 2.16. The predicted octanol–water partition coefficient (Wildman–Crippen LogP) is 2.62. The highest BCUT2D eigenvalue weighted by Crippen LogP contribution is 2.12. The van der Waals surface area contributed by atoms with Crippen LogP contribution < -0.4 is 10.1 Å². The molecule has 0 aliphatic carbocycles. The van der Waals surface area contributed by atoms with E-state index < -0.39 is 6.10 Å². The molecule has 0 fully saturated rings. The Kier molecular flexibility index (Phi) is 7.53. The number of aliphatic hydroxyl groups is 1. The minimum absolute atomic E-state index is 0.333. The molecule has 0 spiro atoms. The van der Waals surface area contributed by atoms with Gasteiger partial charge in [0.05, 0.1) is 0 Å². The van der Waals surface area contributed by atoms with Gasteiger partial charge in [-0.2, -0.15) is 0 Å². The van der Waals surface area contributed by atoms with Crippen molar-refractivity contribution in [2.75, 3.05) is 19.7 Å². The van der Waals surface area contributed by atoms with Crippen LogP contribution in [0.3, 0.4) is 0 Å². The molecule has 108 valence electrons. The SMILES string of the molecule is CCc1ccc(OCC(O)CNCCC(C)C)cc1. The monoisotopic (exact) mass is 265 g/mol. The van der Waals surface area contributed by atoms with Crippen molar-refractivity contribution in [1.29, 1.82) is 0 Å². The third kappa shape index (κ3) is 7.19. The summed E-state index contributed by atoms with van der Waals surface area (Å²) in [5.74, 6) is 1.51. The topological polar surface area (TPSA) is 41.5 Å². The van der Waals surface area contributed by atoms with Crippen LogP contribution in [0, 0.1) is 5.92 Å². The third-order valence-corrected chi connectivity index (χ3v) is 3.05. The van der Waals surface area contributed by atoms with E-state index in [4.69, 9.17) is 4.74 Å². The highest BCUT2D eigenvalue weighted by Gasteiger charge is 2.05. The molecule has 1 atom stereocenters. The van der Waals surface area contributed by atoms with E-state index in [9.17, 15) is 5.11 Å². The van der Waals surface area contributed by atoms with Crippen LogP contribution in [0.25, 0.3) is 0 Å². The summed E-state index contributed by atoms with van der Waals surface area (Å²) >= 11 is 0. The molecular formula is C16H27NO2. The lowest BCUT2D eigenvalue weighted by molar-refractivity contribution is 0.106. The van der Waals surface area contributed by atoms with E-state index in [1.807, 2.05) is 12.1 Å². The molecule has 1 rings (SSSR count). The minimum Gasteiger partial charge on any atom is -0.491 e. The van der Waals surface area contributed by atoms with Gasteiger partial charge in [-0.3, -0.25) is 0 Å². The second kappa shape index (κ2) is 8.94. The lowest BCUT2D eigenvalue weighted by Gasteiger charge is -2.14. The molecule has 0 heterocycles. The Hall–Kier alpha value is -1.06. The molecule has 2 N–H and O–H groups in total. The van der Waals surface area contributed by atoms with E-state index in [-0.39, 0.29) is 0 Å². The first-order chi connectivity index (χ1) is 9.11. The van der Waals surface area contributed by atoms with Gasteiger partial charge < -0.3 is 15.2 Å². The number of hydrogen-bond acceptors (Lipinski definition) is 3. The minimum atomic E-state index is -0.460. The number of aliphatic hydroxyl groups excluding tert-OH is 1. The maximum absolute atomic E-state index is 9.79. The summed E-state index contributed by atoms with van der Waals surface area (Å²) in [6.45, 7) is 8.38. The molecule has 1 unspecified atom stereocenters. The molecule has 0 radical (unpaired) electrons. The van der Waals surface area contributed by atoms with Crippen molar-refractivity contribution >= 4 is 0 Å². The maximum atomic E-state index is 9.79. The zero-order valence-corrected chi connectivity index (χ0v) is 12.4. The normalized spacial score (nSPS) is 12.7. The van der Waals surface area contributed by atoms with Gasteiger partial charge in [-0.25, -0.2) is 0 Å². The van der Waals surface area contributed by atoms with Crippen molar-refractivity contribution < 1.29 is 9.84 Å². The lowest BCUT2D eigenvalue weighted by atomic mass is 10.1. The van der Waals surface area contributed by atoms with Crippen LogP contribution in [0.4, 0.5) is 0 Å². The molecule has 0 amide bonds. The average Bonchev–Trinajstić information content (AvgIpc) is 2.41. The third-order valence-electron chi connectivity index (χ3n) is 3.05. The van der Waals surface area contributed by atoms with Gasteiger partial charge in [-0.15, -0.1) is 0 Å². The molecule has 19 heavy (non-hydrogen) atoms. The summed E-state index contributed by atoms with van der Waals surface area (Å²) in [6.07, 6.45) is 1.70. The fraction of sp³-hybridized carbons (Fsp3) is 0.625. The zero-order chi connectivity index (χ0) is 14.1. The second-order valence-electron chi connectivity index (χ2n) is 5.35. The van der Waals surface area contributed by atoms with Gasteiger partial charge in [0.2, 0.25) is 0 Å². The first kappa shape index (κ1) is 16.0. The van der Waals surface area contributed by atoms with Crippen LogP contribution in [0.5, 0.6) is 5.75 Å². The molecule has 3 nitrogen and oxygen atoms in total. The Bertz CT molecular complexity index is 335. The number of rotatable bonds is 9. The standard InChI is InChI=1S/C16H27NO2/c1-4-14-5-7-16(8-6-14)19-12-15(18)11-17-10-9-13(2)3/h5-8,13,15,17-18H,4,9-12H2,1-3H3. The van der Waals surface area contributed by atoms with Crippen molar-refractivity contribution in [1.82, 2.24) is 5.32 Å². The van der Waals surface area contributed by atoms with Crippen molar-refractivity contribution in [3.63, 3.8) is 0 Å². The number of hydrogen-bond donors (Lipinski definition) is 2. The molecule has 0 aliphatic rings. The summed E-state index contributed by atoms with van der Waals surface area (Å²) in [5.41, 5.74) is 1.29. The first-order valence-electron chi connectivity index (χ1n) is 7.22. The van der Waals surface area contributed by atoms with Gasteiger partial charge in [-0.1, -0.05) is 32.9 Å². The van der Waals surface area contributed by atoms with E-state index >= 15 is 0 Å². The molecular weight excluding hydrogens is 238 g/mol. The average molecular weight is 265 g/mol. The Labute approximate surface area is 117 Å². The number of nitrogens with one attached hydrogen (secondary N) is 1. The fourth-order valence-corrected chi connectivity index (χ4v) is 1.73. The highest BCUT2D eigenvalue weighted by molar-refractivity contribution is 5.27. The van der Waals surface area contributed by atoms with Crippen molar-refractivity contribution in [3.8, 4) is 5.75 Å². The van der Waals surface area contributed by atoms with Crippen LogP contribution in [-0.4, -0.2) is 30.9 Å². The second-order valence-corrected chi connectivity index (χ2v) is 5.35. The smallest absolute Gasteiger partial charge is 0.119 e. The molecule has 0 aliphatic heterocycles. The van der Waals surface area contributed by atoms with E-state index in [0.29, 0.717) is 19.1 Å². The van der Waals surface area contributed by atoms with Crippen molar-refractivity contribution in [2.45, 2.75) is 39.7 Å². The van der Waals surface area contributed by atoms with Gasteiger partial charge in [0.25, 0.3) is 0 Å². The van der Waals surface area contributed by atoms with Gasteiger partial charge in [-0.05, 0) is 43.0 Å². The molecule has 1 aromatic rings. The lowest BCUT2D eigenvalue weighted by Crippen LogP contribution is -2.32. The Morgan fingerprint density at radius 3 is 2.47 bits per heavy atom. The highest BCUT2D eigenvalue weighted by atomic mass is 16.5. The summed E-state index contributed by atoms with van der Waals surface area (Å²) in [7, 11) is 0. The maximum Gasteiger partial charge on any atom is 0.119 e. The summed E-state index contributed by atoms with van der Waals surface area (Å²) in [4.78, 5) is 0. The van der Waals surface area contributed by atoms with Gasteiger partial charge in [0, 0.05) is 6.54 Å². The number of aryl methyl sites for hydroxylation is 1. The van der Waals surface area contributed by atoms with E-state index in [2.05, 4.69) is 38.2 Å². The molecule has 0 saturated heterocycles. The van der Waals surface area contributed by atoms with E-state index in [1.54, 1.807) is 0 Å². The molecule has 1 aromatic carbocycles. The predicted molar refractivity (Wildman–Crippen MR) is 79.6 cm³/mol. The fourth-order valence-electron chi connectivity index (χ4n) is 1.73. The van der Waals surface area contributed by atoms with Crippen LogP contribution >= 0.6 is 0 Å². The van der Waals surface area contributed by atoms with Crippen LogP contribution in [0.2, 0.25) is 0 Å². The summed E-state index contributed by atoms with van der Waals surface area (Å²) in [6, 6.07) is 8.03. The van der Waals surface area contributed by atoms with Gasteiger partial charge in [0.15, 0.2) is 0 Å². The number of ether oxygens (including phenoxy) is 1. The molecule has 0 bridgehead atoms. The van der Waals surface area contributed by atoms with Gasteiger partial charge in [0.1, 0.15) is 18.5 Å². The quantitative estimate of drug-likeness (QED) is 0.674. The Morgan fingerprint density at radius 2 is 1.89 bits per heavy atom. The van der Waals surface area contributed by atoms with E-state index in [0.717, 1.165) is 25.1 Å². The Morgan fingerprint density at radius 1 is 1.21 bits per heavy atom. The molecule has 3 heteroatoms. The van der Waals surface area contributed by atoms with Crippen molar-refractivity contribution in [3.05, 3.63) is 29.8 Å². The van der Waals surface area contributed by atoms with Crippen LogP contribution in [0.1, 0.15) is 32.8 Å². The number of benzene rings is 1. The molecule has 0 saturated carbocycles. The van der Waals surface area contributed by atoms with Crippen LogP contribution in [-0.2, 0) is 6.42 Å². The summed E-state index contributed by atoms with van der Waals surface area (Å²) < 4.78 is 5.56. The molecule has 0 aromatic heterocycles. The first-order valence-corrected chi connectivity index (χ1v) is 7.22. The largest absolute Gasteiger partial charge is 0.491 e. The van der Waals surface area contributed by atoms with Crippen molar-refractivity contribution in [2.24, 2.45) is 5.92 Å². The van der Waals surface area contributed by atoms with Gasteiger partial charge >= 0.3 is 0 Å².